The Morgan fingerprint density at radius 1 is 1.10 bits per heavy atom. The SMILES string of the molecule is CCNc1cc(NCC(C)(C)OCC)nc(C(F)(F)F)n1. The first kappa shape index (κ1) is 17.5. The molecule has 0 radical (unpaired) electrons. The molecule has 0 aromatic carbocycles. The molecule has 1 aromatic heterocycles. The molecule has 0 saturated heterocycles. The number of hydrogen-bond acceptors (Lipinski definition) is 5. The number of halogens is 3. The fraction of sp³-hybridized carbons (Fsp3) is 0.692. The van der Waals surface area contributed by atoms with Crippen molar-refractivity contribution in [1.82, 2.24) is 9.97 Å². The van der Waals surface area contributed by atoms with Crippen LogP contribution in [0.5, 0.6) is 0 Å². The number of ether oxygens (including phenoxy) is 1. The maximum atomic E-state index is 12.8. The van der Waals surface area contributed by atoms with E-state index in [1.807, 2.05) is 20.8 Å². The Morgan fingerprint density at radius 3 is 2.14 bits per heavy atom. The van der Waals surface area contributed by atoms with E-state index in [4.69, 9.17) is 4.74 Å². The van der Waals surface area contributed by atoms with Crippen molar-refractivity contribution in [3.8, 4) is 0 Å². The molecule has 0 bridgehead atoms. The van der Waals surface area contributed by atoms with Crippen molar-refractivity contribution in [3.63, 3.8) is 0 Å². The van der Waals surface area contributed by atoms with E-state index in [-0.39, 0.29) is 11.6 Å². The lowest BCUT2D eigenvalue weighted by Gasteiger charge is -2.25. The monoisotopic (exact) mass is 306 g/mol. The van der Waals surface area contributed by atoms with E-state index < -0.39 is 17.6 Å². The lowest BCUT2D eigenvalue weighted by atomic mass is 10.1. The lowest BCUT2D eigenvalue weighted by Crippen LogP contribution is -2.33. The molecule has 0 aliphatic rings. The molecule has 8 heteroatoms. The zero-order valence-corrected chi connectivity index (χ0v) is 12.6. The van der Waals surface area contributed by atoms with E-state index in [2.05, 4.69) is 20.6 Å². The summed E-state index contributed by atoms with van der Waals surface area (Å²) in [4.78, 5) is 6.96. The van der Waals surface area contributed by atoms with E-state index in [0.29, 0.717) is 19.7 Å². The second kappa shape index (κ2) is 6.93. The highest BCUT2D eigenvalue weighted by atomic mass is 19.4. The highest BCUT2D eigenvalue weighted by molar-refractivity contribution is 5.48. The smallest absolute Gasteiger partial charge is 0.374 e. The minimum Gasteiger partial charge on any atom is -0.374 e. The van der Waals surface area contributed by atoms with Gasteiger partial charge in [0.15, 0.2) is 0 Å². The Kier molecular flexibility index (Phi) is 5.77. The normalized spacial score (nSPS) is 12.3. The van der Waals surface area contributed by atoms with Crippen LogP contribution in [-0.2, 0) is 10.9 Å². The van der Waals surface area contributed by atoms with Crippen molar-refractivity contribution >= 4 is 11.6 Å². The summed E-state index contributed by atoms with van der Waals surface area (Å²) < 4.78 is 43.8. The zero-order valence-electron chi connectivity index (χ0n) is 12.6. The predicted molar refractivity (Wildman–Crippen MR) is 75.4 cm³/mol. The molecule has 0 amide bonds. The molecule has 5 nitrogen and oxygen atoms in total. The summed E-state index contributed by atoms with van der Waals surface area (Å²) in [6, 6.07) is 1.45. The standard InChI is InChI=1S/C13H21F3N4O/c1-5-17-9-7-10(18-8-12(3,4)21-6-2)20-11(19-9)13(14,15)16/h7H,5-6,8H2,1-4H3,(H2,17,18,19,20). The summed E-state index contributed by atoms with van der Waals surface area (Å²) >= 11 is 0. The van der Waals surface area contributed by atoms with Gasteiger partial charge in [-0.05, 0) is 27.7 Å². The average Bonchev–Trinajstić information content (AvgIpc) is 2.36. The molecule has 21 heavy (non-hydrogen) atoms. The third-order valence-electron chi connectivity index (χ3n) is 2.57. The number of hydrogen-bond donors (Lipinski definition) is 2. The number of aromatic nitrogens is 2. The zero-order chi connectivity index (χ0) is 16.1. The molecule has 120 valence electrons. The number of nitrogens with zero attached hydrogens (tertiary/aromatic N) is 2. The maximum absolute atomic E-state index is 12.8. The van der Waals surface area contributed by atoms with Crippen LogP contribution >= 0.6 is 0 Å². The van der Waals surface area contributed by atoms with Gasteiger partial charge in [0.2, 0.25) is 5.82 Å². The van der Waals surface area contributed by atoms with Crippen LogP contribution in [0, 0.1) is 0 Å². The summed E-state index contributed by atoms with van der Waals surface area (Å²) in [5, 5.41) is 5.63. The third-order valence-corrected chi connectivity index (χ3v) is 2.57. The molecular formula is C13H21F3N4O. The average molecular weight is 306 g/mol. The Bertz CT molecular complexity index is 463. The highest BCUT2D eigenvalue weighted by Crippen LogP contribution is 2.28. The molecule has 0 unspecified atom stereocenters. The fourth-order valence-corrected chi connectivity index (χ4v) is 1.68. The van der Waals surface area contributed by atoms with Crippen LogP contribution in [0.3, 0.4) is 0 Å². The van der Waals surface area contributed by atoms with Crippen LogP contribution < -0.4 is 10.6 Å². The van der Waals surface area contributed by atoms with Gasteiger partial charge in [-0.1, -0.05) is 0 Å². The molecule has 1 rings (SSSR count). The Balaban J connectivity index is 2.93. The molecule has 0 atom stereocenters. The first-order valence-corrected chi connectivity index (χ1v) is 6.76. The van der Waals surface area contributed by atoms with Crippen LogP contribution in [0.25, 0.3) is 0 Å². The van der Waals surface area contributed by atoms with Crippen LogP contribution in [0.15, 0.2) is 6.07 Å². The van der Waals surface area contributed by atoms with E-state index in [1.165, 1.54) is 6.07 Å². The lowest BCUT2D eigenvalue weighted by molar-refractivity contribution is -0.144. The van der Waals surface area contributed by atoms with Crippen molar-refractivity contribution < 1.29 is 17.9 Å². The van der Waals surface area contributed by atoms with E-state index >= 15 is 0 Å². The highest BCUT2D eigenvalue weighted by Gasteiger charge is 2.35. The number of anilines is 2. The van der Waals surface area contributed by atoms with Gasteiger partial charge in [0.25, 0.3) is 0 Å². The van der Waals surface area contributed by atoms with Crippen LogP contribution in [-0.4, -0.2) is 35.3 Å². The van der Waals surface area contributed by atoms with Crippen molar-refractivity contribution in [2.45, 2.75) is 39.5 Å². The second-order valence-electron chi connectivity index (χ2n) is 5.04. The maximum Gasteiger partial charge on any atom is 0.451 e. The first-order valence-electron chi connectivity index (χ1n) is 6.76. The summed E-state index contributed by atoms with van der Waals surface area (Å²) in [5.74, 6) is -0.921. The largest absolute Gasteiger partial charge is 0.451 e. The fourth-order valence-electron chi connectivity index (χ4n) is 1.68. The number of nitrogens with one attached hydrogen (secondary N) is 2. The molecule has 0 saturated carbocycles. The van der Waals surface area contributed by atoms with Gasteiger partial charge in [-0.3, -0.25) is 0 Å². The molecule has 2 N–H and O–H groups in total. The molecule has 0 spiro atoms. The molecular weight excluding hydrogens is 285 g/mol. The Labute approximate surface area is 122 Å². The van der Waals surface area contributed by atoms with E-state index in [1.54, 1.807) is 6.92 Å². The topological polar surface area (TPSA) is 59.1 Å². The van der Waals surface area contributed by atoms with Crippen molar-refractivity contribution in [3.05, 3.63) is 11.9 Å². The van der Waals surface area contributed by atoms with Crippen LogP contribution in [0.2, 0.25) is 0 Å². The van der Waals surface area contributed by atoms with E-state index in [9.17, 15) is 13.2 Å². The summed E-state index contributed by atoms with van der Waals surface area (Å²) in [5.41, 5.74) is -0.504. The minimum absolute atomic E-state index is 0.112. The van der Waals surface area contributed by atoms with Gasteiger partial charge in [-0.15, -0.1) is 0 Å². The second-order valence-corrected chi connectivity index (χ2v) is 5.04. The Hall–Kier alpha value is -1.57. The van der Waals surface area contributed by atoms with Crippen molar-refractivity contribution in [2.75, 3.05) is 30.3 Å². The summed E-state index contributed by atoms with van der Waals surface area (Å²) in [6.07, 6.45) is -4.59. The van der Waals surface area contributed by atoms with Gasteiger partial charge < -0.3 is 15.4 Å². The third kappa shape index (κ3) is 5.74. The van der Waals surface area contributed by atoms with Gasteiger partial charge in [0.1, 0.15) is 11.6 Å². The number of rotatable bonds is 7. The summed E-state index contributed by atoms with van der Waals surface area (Å²) in [7, 11) is 0. The molecule has 0 aliphatic carbocycles. The van der Waals surface area contributed by atoms with Gasteiger partial charge in [-0.25, -0.2) is 9.97 Å². The van der Waals surface area contributed by atoms with Crippen LogP contribution in [0.1, 0.15) is 33.5 Å². The van der Waals surface area contributed by atoms with Gasteiger partial charge >= 0.3 is 6.18 Å². The van der Waals surface area contributed by atoms with Crippen molar-refractivity contribution in [1.29, 1.82) is 0 Å². The van der Waals surface area contributed by atoms with Gasteiger partial charge in [0, 0.05) is 25.8 Å². The molecule has 0 fully saturated rings. The summed E-state index contributed by atoms with van der Waals surface area (Å²) in [6.45, 7) is 8.66. The Morgan fingerprint density at radius 2 is 1.67 bits per heavy atom. The predicted octanol–water partition coefficient (Wildman–Crippen LogP) is 3.15. The number of alkyl halides is 3. The molecule has 1 heterocycles. The first-order chi connectivity index (χ1) is 9.68. The van der Waals surface area contributed by atoms with Crippen LogP contribution in [0.4, 0.5) is 24.8 Å². The molecule has 1 aromatic rings. The van der Waals surface area contributed by atoms with Gasteiger partial charge in [-0.2, -0.15) is 13.2 Å². The van der Waals surface area contributed by atoms with Gasteiger partial charge in [0.05, 0.1) is 5.60 Å². The quantitative estimate of drug-likeness (QED) is 0.810. The van der Waals surface area contributed by atoms with E-state index in [0.717, 1.165) is 0 Å². The molecule has 0 aliphatic heterocycles. The van der Waals surface area contributed by atoms with Crippen molar-refractivity contribution in [2.24, 2.45) is 0 Å². The minimum atomic E-state index is -4.59.